The zero-order chi connectivity index (χ0) is 26.3. The molecule has 1 amide bonds. The Morgan fingerprint density at radius 1 is 0.806 bits per heavy atom. The maximum atomic E-state index is 13.3. The number of carbonyl (C=O) groups excluding carboxylic acids is 2. The Morgan fingerprint density at radius 3 is 1.83 bits per heavy atom. The number of halogens is 2. The van der Waals surface area contributed by atoms with Crippen molar-refractivity contribution < 1.29 is 14.3 Å². The molecule has 0 aliphatic heterocycles. The standard InChI is InChI=1S/C30H33Cl2NO3/c1-20(2)18-30(21(3)4,19-33-28(34)23-10-14-25(31)15-11-23)27(22-8-6-5-7-9-22)36-29(35)24-12-16-26(32)17-13-24/h5-17,20-21,27H,18-19H2,1-4H3,(H,33,34). The molecule has 2 unspecified atom stereocenters. The molecule has 2 atom stereocenters. The molecule has 0 bridgehead atoms. The van der Waals surface area contributed by atoms with Crippen LogP contribution in [0.4, 0.5) is 0 Å². The summed E-state index contributed by atoms with van der Waals surface area (Å²) >= 11 is 12.0. The lowest BCUT2D eigenvalue weighted by molar-refractivity contribution is -0.0503. The van der Waals surface area contributed by atoms with Gasteiger partial charge in [-0.3, -0.25) is 4.79 Å². The summed E-state index contributed by atoms with van der Waals surface area (Å²) in [5.41, 5.74) is 1.26. The van der Waals surface area contributed by atoms with E-state index in [1.807, 2.05) is 30.3 Å². The first kappa shape index (κ1) is 27.8. The van der Waals surface area contributed by atoms with E-state index < -0.39 is 17.5 Å². The zero-order valence-corrected chi connectivity index (χ0v) is 22.6. The Morgan fingerprint density at radius 2 is 1.33 bits per heavy atom. The topological polar surface area (TPSA) is 55.4 Å². The van der Waals surface area contributed by atoms with E-state index in [9.17, 15) is 9.59 Å². The second-order valence-corrected chi connectivity index (χ2v) is 10.8. The second kappa shape index (κ2) is 12.4. The Bertz CT molecular complexity index is 1150. The molecular formula is C30H33Cl2NO3. The molecule has 3 aromatic carbocycles. The molecule has 4 nitrogen and oxygen atoms in total. The molecule has 0 aromatic heterocycles. The minimum Gasteiger partial charge on any atom is -0.453 e. The molecule has 3 aromatic rings. The van der Waals surface area contributed by atoms with Gasteiger partial charge in [0.1, 0.15) is 6.10 Å². The van der Waals surface area contributed by atoms with Crippen LogP contribution in [0.25, 0.3) is 0 Å². The summed E-state index contributed by atoms with van der Waals surface area (Å²) in [4.78, 5) is 26.4. The van der Waals surface area contributed by atoms with E-state index in [0.717, 1.165) is 12.0 Å². The number of esters is 1. The van der Waals surface area contributed by atoms with E-state index in [0.29, 0.717) is 33.6 Å². The molecule has 0 heterocycles. The molecule has 0 radical (unpaired) electrons. The lowest BCUT2D eigenvalue weighted by atomic mass is 9.65. The highest BCUT2D eigenvalue weighted by atomic mass is 35.5. The molecule has 0 spiro atoms. The SMILES string of the molecule is CC(C)CC(CNC(=O)c1ccc(Cl)cc1)(C(C)C)C(OC(=O)c1ccc(Cl)cc1)c1ccccc1. The number of amides is 1. The minimum absolute atomic E-state index is 0.0774. The molecule has 6 heteroatoms. The monoisotopic (exact) mass is 525 g/mol. The zero-order valence-electron chi connectivity index (χ0n) is 21.1. The van der Waals surface area contributed by atoms with Crippen LogP contribution in [0.15, 0.2) is 78.9 Å². The first-order chi connectivity index (χ1) is 17.1. The van der Waals surface area contributed by atoms with Gasteiger partial charge in [0.15, 0.2) is 0 Å². The Balaban J connectivity index is 2.01. The lowest BCUT2D eigenvalue weighted by Crippen LogP contribution is -2.47. The molecule has 3 rings (SSSR count). The number of hydrogen-bond acceptors (Lipinski definition) is 3. The van der Waals surface area contributed by atoms with Crippen LogP contribution in [0.3, 0.4) is 0 Å². The van der Waals surface area contributed by atoms with Gasteiger partial charge in [0.25, 0.3) is 5.91 Å². The third-order valence-corrected chi connectivity index (χ3v) is 7.06. The van der Waals surface area contributed by atoms with Gasteiger partial charge in [-0.1, -0.05) is 81.2 Å². The molecule has 36 heavy (non-hydrogen) atoms. The van der Waals surface area contributed by atoms with E-state index >= 15 is 0 Å². The summed E-state index contributed by atoms with van der Waals surface area (Å²) in [6.07, 6.45) is 0.147. The summed E-state index contributed by atoms with van der Waals surface area (Å²) in [7, 11) is 0. The van der Waals surface area contributed by atoms with Crippen molar-refractivity contribution in [2.45, 2.75) is 40.2 Å². The van der Waals surface area contributed by atoms with E-state index in [1.54, 1.807) is 48.5 Å². The van der Waals surface area contributed by atoms with Gasteiger partial charge in [-0.05, 0) is 72.4 Å². The van der Waals surface area contributed by atoms with Gasteiger partial charge in [-0.2, -0.15) is 0 Å². The highest BCUT2D eigenvalue weighted by Crippen LogP contribution is 2.48. The van der Waals surface area contributed by atoms with Crippen molar-refractivity contribution in [3.8, 4) is 0 Å². The van der Waals surface area contributed by atoms with Crippen LogP contribution in [0, 0.1) is 17.3 Å². The number of rotatable bonds is 10. The van der Waals surface area contributed by atoms with Gasteiger partial charge in [0.2, 0.25) is 0 Å². The van der Waals surface area contributed by atoms with Crippen LogP contribution in [-0.4, -0.2) is 18.4 Å². The highest BCUT2D eigenvalue weighted by molar-refractivity contribution is 6.31. The number of ether oxygens (including phenoxy) is 1. The van der Waals surface area contributed by atoms with Gasteiger partial charge in [-0.25, -0.2) is 4.79 Å². The van der Waals surface area contributed by atoms with Gasteiger partial charge >= 0.3 is 5.97 Å². The number of benzene rings is 3. The summed E-state index contributed by atoms with van der Waals surface area (Å²) in [5, 5.41) is 4.25. The molecule has 0 fully saturated rings. The minimum atomic E-state index is -0.588. The summed E-state index contributed by atoms with van der Waals surface area (Å²) in [6, 6.07) is 23.2. The lowest BCUT2D eigenvalue weighted by Gasteiger charge is -2.45. The van der Waals surface area contributed by atoms with Crippen LogP contribution < -0.4 is 5.32 Å². The quantitative estimate of drug-likeness (QED) is 0.272. The van der Waals surface area contributed by atoms with Crippen molar-refractivity contribution in [1.29, 1.82) is 0 Å². The highest BCUT2D eigenvalue weighted by Gasteiger charge is 2.45. The average molecular weight is 527 g/mol. The largest absolute Gasteiger partial charge is 0.453 e. The van der Waals surface area contributed by atoms with Crippen molar-refractivity contribution in [2.24, 2.45) is 17.3 Å². The maximum Gasteiger partial charge on any atom is 0.338 e. The normalized spacial score (nSPS) is 13.8. The van der Waals surface area contributed by atoms with Gasteiger partial charge in [0, 0.05) is 27.6 Å². The summed E-state index contributed by atoms with van der Waals surface area (Å²) in [6.45, 7) is 8.84. The van der Waals surface area contributed by atoms with E-state index in [4.69, 9.17) is 27.9 Å². The van der Waals surface area contributed by atoms with E-state index in [1.165, 1.54) is 0 Å². The maximum absolute atomic E-state index is 13.3. The third kappa shape index (κ3) is 6.89. The van der Waals surface area contributed by atoms with Crippen molar-refractivity contribution in [3.05, 3.63) is 106 Å². The summed E-state index contributed by atoms with van der Waals surface area (Å²) in [5.74, 6) is -0.261. The van der Waals surface area contributed by atoms with Gasteiger partial charge in [0.05, 0.1) is 5.56 Å². The number of nitrogens with one attached hydrogen (secondary N) is 1. The molecule has 1 N–H and O–H groups in total. The van der Waals surface area contributed by atoms with Crippen molar-refractivity contribution in [3.63, 3.8) is 0 Å². The molecule has 0 saturated heterocycles. The Hall–Kier alpha value is -2.82. The van der Waals surface area contributed by atoms with Crippen LogP contribution in [-0.2, 0) is 4.74 Å². The predicted octanol–water partition coefficient (Wildman–Crippen LogP) is 8.01. The molecule has 190 valence electrons. The fourth-order valence-electron chi connectivity index (χ4n) is 4.63. The van der Waals surface area contributed by atoms with E-state index in [2.05, 4.69) is 33.0 Å². The molecular weight excluding hydrogens is 493 g/mol. The molecule has 0 aliphatic carbocycles. The Labute approximate surface area is 224 Å². The first-order valence-electron chi connectivity index (χ1n) is 12.2. The Kier molecular flexibility index (Phi) is 9.58. The van der Waals surface area contributed by atoms with Gasteiger partial charge in [-0.15, -0.1) is 0 Å². The number of carbonyl (C=O) groups is 2. The van der Waals surface area contributed by atoms with Crippen molar-refractivity contribution in [1.82, 2.24) is 5.32 Å². The third-order valence-electron chi connectivity index (χ3n) is 6.55. The summed E-state index contributed by atoms with van der Waals surface area (Å²) < 4.78 is 6.29. The number of hydrogen-bond donors (Lipinski definition) is 1. The second-order valence-electron chi connectivity index (χ2n) is 9.88. The van der Waals surface area contributed by atoms with Crippen LogP contribution in [0.2, 0.25) is 10.0 Å². The average Bonchev–Trinajstić information content (AvgIpc) is 2.86. The smallest absolute Gasteiger partial charge is 0.338 e. The van der Waals surface area contributed by atoms with Crippen LogP contribution in [0.5, 0.6) is 0 Å². The van der Waals surface area contributed by atoms with Crippen molar-refractivity contribution >= 4 is 35.1 Å². The fraction of sp³-hybridized carbons (Fsp3) is 0.333. The molecule has 0 saturated carbocycles. The first-order valence-corrected chi connectivity index (χ1v) is 12.9. The van der Waals surface area contributed by atoms with Crippen LogP contribution in [0.1, 0.15) is 66.5 Å². The van der Waals surface area contributed by atoms with Gasteiger partial charge < -0.3 is 10.1 Å². The predicted molar refractivity (Wildman–Crippen MR) is 147 cm³/mol. The van der Waals surface area contributed by atoms with E-state index in [-0.39, 0.29) is 11.8 Å². The molecule has 0 aliphatic rings. The fourth-order valence-corrected chi connectivity index (χ4v) is 4.88. The van der Waals surface area contributed by atoms with Crippen molar-refractivity contribution in [2.75, 3.05) is 6.54 Å². The van der Waals surface area contributed by atoms with Crippen LogP contribution >= 0.6 is 23.2 Å².